The summed E-state index contributed by atoms with van der Waals surface area (Å²) in [6, 6.07) is 33.9. The van der Waals surface area contributed by atoms with Crippen LogP contribution < -0.4 is 0 Å². The van der Waals surface area contributed by atoms with E-state index in [0.29, 0.717) is 5.56 Å². The maximum Gasteiger partial charge on any atom is 0.0991 e. The third kappa shape index (κ3) is 3.03. The first kappa shape index (κ1) is 17.7. The lowest BCUT2D eigenvalue weighted by molar-refractivity contribution is 1.18. The van der Waals surface area contributed by atoms with Crippen LogP contribution in [0.3, 0.4) is 0 Å². The van der Waals surface area contributed by atoms with Crippen LogP contribution >= 0.6 is 15.9 Å². The molecule has 0 radical (unpaired) electrons. The van der Waals surface area contributed by atoms with Gasteiger partial charge < -0.3 is 4.57 Å². The Morgan fingerprint density at radius 2 is 1.34 bits per heavy atom. The number of para-hydroxylation sites is 2. The van der Waals surface area contributed by atoms with Crippen molar-refractivity contribution in [1.29, 1.82) is 5.26 Å². The molecular formula is C26H17BrN2. The van der Waals surface area contributed by atoms with Crippen molar-refractivity contribution >= 4 is 37.7 Å². The third-order valence-electron chi connectivity index (χ3n) is 5.32. The molecule has 5 aromatic rings. The number of alkyl halides is 1. The highest BCUT2D eigenvalue weighted by molar-refractivity contribution is 9.08. The summed E-state index contributed by atoms with van der Waals surface area (Å²) in [5.41, 5.74) is 7.49. The van der Waals surface area contributed by atoms with Crippen molar-refractivity contribution in [2.75, 3.05) is 0 Å². The SMILES string of the molecule is N#Cc1cc(CBr)cc(-c2ccc(-n3c4ccccc4c4ccccc43)cc2)c1. The standard InChI is InChI=1S/C26H17BrN2/c27-16-18-13-19(17-28)15-21(14-18)20-9-11-22(12-10-20)29-25-7-3-1-5-23(25)24-6-2-4-8-26(24)29/h1-15H,16H2. The number of halogens is 1. The van der Waals surface area contributed by atoms with Gasteiger partial charge in [-0.25, -0.2) is 0 Å². The number of rotatable bonds is 3. The lowest BCUT2D eigenvalue weighted by Crippen LogP contribution is -1.93. The molecule has 0 atom stereocenters. The molecule has 2 nitrogen and oxygen atoms in total. The molecule has 0 unspecified atom stereocenters. The maximum absolute atomic E-state index is 9.33. The van der Waals surface area contributed by atoms with E-state index in [1.807, 2.05) is 12.1 Å². The molecule has 3 heteroatoms. The van der Waals surface area contributed by atoms with E-state index >= 15 is 0 Å². The zero-order valence-corrected chi connectivity index (χ0v) is 17.2. The summed E-state index contributed by atoms with van der Waals surface area (Å²) in [6.45, 7) is 0. The minimum Gasteiger partial charge on any atom is -0.309 e. The van der Waals surface area contributed by atoms with Crippen molar-refractivity contribution in [3.8, 4) is 22.9 Å². The monoisotopic (exact) mass is 436 g/mol. The second kappa shape index (κ2) is 7.24. The van der Waals surface area contributed by atoms with Crippen LogP contribution in [0.5, 0.6) is 0 Å². The summed E-state index contributed by atoms with van der Waals surface area (Å²) < 4.78 is 2.31. The van der Waals surface area contributed by atoms with Gasteiger partial charge in [0, 0.05) is 21.8 Å². The molecule has 29 heavy (non-hydrogen) atoms. The molecule has 1 heterocycles. The molecule has 138 valence electrons. The fourth-order valence-electron chi connectivity index (χ4n) is 4.00. The van der Waals surface area contributed by atoms with Crippen LogP contribution in [0, 0.1) is 11.3 Å². The Labute approximate surface area is 177 Å². The van der Waals surface area contributed by atoms with Gasteiger partial charge in [0.25, 0.3) is 0 Å². The smallest absolute Gasteiger partial charge is 0.0991 e. The van der Waals surface area contributed by atoms with Gasteiger partial charge in [0.1, 0.15) is 0 Å². The van der Waals surface area contributed by atoms with E-state index in [9.17, 15) is 5.26 Å². The lowest BCUT2D eigenvalue weighted by Gasteiger charge is -2.10. The molecule has 0 aliphatic heterocycles. The maximum atomic E-state index is 9.33. The predicted octanol–water partition coefficient (Wildman–Crippen LogP) is 7.22. The molecule has 0 fully saturated rings. The summed E-state index contributed by atoms with van der Waals surface area (Å²) in [6.07, 6.45) is 0. The fraction of sp³-hybridized carbons (Fsp3) is 0.0385. The molecule has 4 aromatic carbocycles. The number of benzene rings is 4. The minimum absolute atomic E-state index is 0.684. The molecule has 0 bridgehead atoms. The molecule has 0 saturated heterocycles. The normalized spacial score (nSPS) is 11.0. The first-order valence-electron chi connectivity index (χ1n) is 9.47. The number of hydrogen-bond donors (Lipinski definition) is 0. The Morgan fingerprint density at radius 1 is 0.724 bits per heavy atom. The molecule has 0 aliphatic carbocycles. The Morgan fingerprint density at radius 3 is 1.93 bits per heavy atom. The zero-order valence-electron chi connectivity index (χ0n) is 15.6. The molecule has 0 saturated carbocycles. The number of nitriles is 1. The van der Waals surface area contributed by atoms with E-state index in [-0.39, 0.29) is 0 Å². The largest absolute Gasteiger partial charge is 0.309 e. The van der Waals surface area contributed by atoms with E-state index in [2.05, 4.69) is 105 Å². The Kier molecular flexibility index (Phi) is 4.42. The highest BCUT2D eigenvalue weighted by Crippen LogP contribution is 2.32. The molecule has 0 amide bonds. The van der Waals surface area contributed by atoms with Crippen LogP contribution in [0.25, 0.3) is 38.6 Å². The van der Waals surface area contributed by atoms with Crippen LogP contribution in [-0.2, 0) is 5.33 Å². The van der Waals surface area contributed by atoms with Crippen LogP contribution in [0.15, 0.2) is 91.0 Å². The average molecular weight is 437 g/mol. The first-order valence-corrected chi connectivity index (χ1v) is 10.6. The summed E-state index contributed by atoms with van der Waals surface area (Å²) in [4.78, 5) is 0. The van der Waals surface area contributed by atoms with Crippen molar-refractivity contribution < 1.29 is 0 Å². The van der Waals surface area contributed by atoms with Gasteiger partial charge in [-0.3, -0.25) is 0 Å². The van der Waals surface area contributed by atoms with Crippen LogP contribution in [0.2, 0.25) is 0 Å². The highest BCUT2D eigenvalue weighted by Gasteiger charge is 2.11. The van der Waals surface area contributed by atoms with Gasteiger partial charge >= 0.3 is 0 Å². The summed E-state index contributed by atoms with van der Waals surface area (Å²) in [5.74, 6) is 0. The van der Waals surface area contributed by atoms with E-state index in [1.54, 1.807) is 0 Å². The van der Waals surface area contributed by atoms with E-state index in [1.165, 1.54) is 21.8 Å². The van der Waals surface area contributed by atoms with Gasteiger partial charge in [0.2, 0.25) is 0 Å². The van der Waals surface area contributed by atoms with Gasteiger partial charge in [-0.15, -0.1) is 0 Å². The van der Waals surface area contributed by atoms with Gasteiger partial charge in [0.15, 0.2) is 0 Å². The molecular weight excluding hydrogens is 420 g/mol. The van der Waals surface area contributed by atoms with E-state index in [4.69, 9.17) is 0 Å². The second-order valence-corrected chi connectivity index (χ2v) is 7.64. The fourth-order valence-corrected chi connectivity index (χ4v) is 4.33. The number of nitrogens with zero attached hydrogens (tertiary/aromatic N) is 2. The Hall–Kier alpha value is -3.35. The Balaban J connectivity index is 1.66. The molecule has 1 aromatic heterocycles. The van der Waals surface area contributed by atoms with Crippen molar-refractivity contribution in [3.63, 3.8) is 0 Å². The summed E-state index contributed by atoms with van der Waals surface area (Å²) in [7, 11) is 0. The van der Waals surface area contributed by atoms with Crippen molar-refractivity contribution in [1.82, 2.24) is 4.57 Å². The third-order valence-corrected chi connectivity index (χ3v) is 5.96. The van der Waals surface area contributed by atoms with Gasteiger partial charge in [0.05, 0.1) is 22.7 Å². The predicted molar refractivity (Wildman–Crippen MR) is 124 cm³/mol. The quantitative estimate of drug-likeness (QED) is 0.274. The summed E-state index contributed by atoms with van der Waals surface area (Å²) in [5, 5.41) is 12.6. The van der Waals surface area contributed by atoms with Crippen molar-refractivity contribution in [3.05, 3.63) is 102 Å². The second-order valence-electron chi connectivity index (χ2n) is 7.08. The topological polar surface area (TPSA) is 28.7 Å². The first-order chi connectivity index (χ1) is 14.3. The number of fused-ring (bicyclic) bond motifs is 3. The van der Waals surface area contributed by atoms with E-state index in [0.717, 1.165) is 27.7 Å². The van der Waals surface area contributed by atoms with Crippen LogP contribution in [0.1, 0.15) is 11.1 Å². The van der Waals surface area contributed by atoms with Crippen LogP contribution in [-0.4, -0.2) is 4.57 Å². The number of aromatic nitrogens is 1. The van der Waals surface area contributed by atoms with Gasteiger partial charge in [-0.2, -0.15) is 5.26 Å². The lowest BCUT2D eigenvalue weighted by atomic mass is 10.0. The van der Waals surface area contributed by atoms with Gasteiger partial charge in [-0.1, -0.05) is 70.5 Å². The molecule has 0 aliphatic rings. The zero-order chi connectivity index (χ0) is 19.8. The highest BCUT2D eigenvalue weighted by atomic mass is 79.9. The average Bonchev–Trinajstić information content (AvgIpc) is 3.13. The van der Waals surface area contributed by atoms with Crippen molar-refractivity contribution in [2.24, 2.45) is 0 Å². The van der Waals surface area contributed by atoms with Crippen LogP contribution in [0.4, 0.5) is 0 Å². The van der Waals surface area contributed by atoms with Gasteiger partial charge in [-0.05, 0) is 53.1 Å². The Bertz CT molecular complexity index is 1340. The molecule has 0 N–H and O–H groups in total. The summed E-state index contributed by atoms with van der Waals surface area (Å²) >= 11 is 3.50. The molecule has 0 spiro atoms. The van der Waals surface area contributed by atoms with Crippen molar-refractivity contribution in [2.45, 2.75) is 5.33 Å². The minimum atomic E-state index is 0.684. The molecule has 5 rings (SSSR count). The number of hydrogen-bond acceptors (Lipinski definition) is 1. The van der Waals surface area contributed by atoms with E-state index < -0.39 is 0 Å².